The number of methoxy groups -OCH3 is 1. The van der Waals surface area contributed by atoms with Gasteiger partial charge in [0.25, 0.3) is 0 Å². The summed E-state index contributed by atoms with van der Waals surface area (Å²) in [6.45, 7) is 0.172. The number of hydrogen-bond acceptors (Lipinski definition) is 4. The van der Waals surface area contributed by atoms with Gasteiger partial charge >= 0.3 is 5.97 Å². The van der Waals surface area contributed by atoms with E-state index in [2.05, 4.69) is 4.98 Å². The van der Waals surface area contributed by atoms with Crippen LogP contribution in [0.3, 0.4) is 0 Å². The second-order valence-corrected chi connectivity index (χ2v) is 4.86. The average Bonchev–Trinajstić information content (AvgIpc) is 2.97. The minimum Gasteiger partial charge on any atom is -0.465 e. The number of ether oxygens (including phenoxy) is 1. The summed E-state index contributed by atoms with van der Waals surface area (Å²) in [5.74, 6) is -0.424. The molecule has 22 heavy (non-hydrogen) atoms. The van der Waals surface area contributed by atoms with Crippen LogP contribution in [0.15, 0.2) is 54.9 Å². The zero-order chi connectivity index (χ0) is 15.5. The van der Waals surface area contributed by atoms with E-state index in [4.69, 9.17) is 4.74 Å². The van der Waals surface area contributed by atoms with Crippen LogP contribution in [0, 0.1) is 0 Å². The molecule has 5 heteroatoms. The van der Waals surface area contributed by atoms with Gasteiger partial charge in [-0.3, -0.25) is 4.79 Å². The fraction of sp³-hybridized carbons (Fsp3) is 0.118. The molecule has 0 aliphatic heterocycles. The van der Waals surface area contributed by atoms with Crippen molar-refractivity contribution in [3.63, 3.8) is 0 Å². The Morgan fingerprint density at radius 2 is 1.86 bits per heavy atom. The number of hydrogen-bond donors (Lipinski definition) is 0. The summed E-state index contributed by atoms with van der Waals surface area (Å²) >= 11 is 0. The fourth-order valence-electron chi connectivity index (χ4n) is 2.30. The van der Waals surface area contributed by atoms with Gasteiger partial charge in [0.2, 0.25) is 0 Å². The number of imidazole rings is 1. The first-order valence-electron chi connectivity index (χ1n) is 6.80. The molecule has 0 atom stereocenters. The van der Waals surface area contributed by atoms with E-state index in [0.29, 0.717) is 11.1 Å². The lowest BCUT2D eigenvalue weighted by Gasteiger charge is -2.05. The molecule has 1 heterocycles. The molecule has 0 radical (unpaired) electrons. The average molecular weight is 294 g/mol. The van der Waals surface area contributed by atoms with Crippen LogP contribution in [0.25, 0.3) is 11.0 Å². The highest BCUT2D eigenvalue weighted by molar-refractivity contribution is 5.97. The molecule has 0 amide bonds. The van der Waals surface area contributed by atoms with Gasteiger partial charge in [-0.15, -0.1) is 0 Å². The smallest absolute Gasteiger partial charge is 0.337 e. The maximum atomic E-state index is 12.3. The van der Waals surface area contributed by atoms with Crippen molar-refractivity contribution >= 4 is 22.8 Å². The van der Waals surface area contributed by atoms with Crippen molar-refractivity contribution in [2.24, 2.45) is 0 Å². The normalized spacial score (nSPS) is 10.6. The standard InChI is InChI=1S/C17H14N2O3/c1-22-17(21)13-7-8-14-15(9-13)19(11-18-14)10-16(20)12-5-3-2-4-6-12/h2-9,11H,10H2,1H3. The lowest BCUT2D eigenvalue weighted by atomic mass is 10.1. The minimum atomic E-state index is -0.413. The number of aromatic nitrogens is 2. The summed E-state index contributed by atoms with van der Waals surface area (Å²) in [7, 11) is 1.34. The van der Waals surface area contributed by atoms with E-state index in [1.54, 1.807) is 41.2 Å². The van der Waals surface area contributed by atoms with Crippen LogP contribution in [-0.2, 0) is 11.3 Å². The molecule has 0 aliphatic rings. The first kappa shape index (κ1) is 14.0. The predicted molar refractivity (Wildman–Crippen MR) is 81.8 cm³/mol. The topological polar surface area (TPSA) is 61.2 Å². The number of ketones is 1. The summed E-state index contributed by atoms with van der Waals surface area (Å²) in [6.07, 6.45) is 1.60. The van der Waals surface area contributed by atoms with Crippen LogP contribution in [0.4, 0.5) is 0 Å². The van der Waals surface area contributed by atoms with Gasteiger partial charge in [-0.2, -0.15) is 0 Å². The molecule has 0 N–H and O–H groups in total. The maximum Gasteiger partial charge on any atom is 0.337 e. The zero-order valence-corrected chi connectivity index (χ0v) is 12.0. The van der Waals surface area contributed by atoms with Crippen LogP contribution in [0.5, 0.6) is 0 Å². The van der Waals surface area contributed by atoms with Gasteiger partial charge in [0, 0.05) is 5.56 Å². The van der Waals surface area contributed by atoms with Crippen LogP contribution < -0.4 is 0 Å². The Morgan fingerprint density at radius 3 is 2.59 bits per heavy atom. The highest BCUT2D eigenvalue weighted by atomic mass is 16.5. The quantitative estimate of drug-likeness (QED) is 0.548. The van der Waals surface area contributed by atoms with Crippen molar-refractivity contribution in [3.05, 3.63) is 66.0 Å². The van der Waals surface area contributed by atoms with Crippen molar-refractivity contribution in [1.82, 2.24) is 9.55 Å². The van der Waals surface area contributed by atoms with Crippen LogP contribution in [0.2, 0.25) is 0 Å². The lowest BCUT2D eigenvalue weighted by molar-refractivity contribution is 0.0601. The third-order valence-corrected chi connectivity index (χ3v) is 3.45. The number of benzene rings is 2. The van der Waals surface area contributed by atoms with Crippen molar-refractivity contribution < 1.29 is 14.3 Å². The van der Waals surface area contributed by atoms with E-state index in [0.717, 1.165) is 11.0 Å². The largest absolute Gasteiger partial charge is 0.465 e. The van der Waals surface area contributed by atoms with Crippen molar-refractivity contribution in [2.75, 3.05) is 7.11 Å². The molecule has 0 bridgehead atoms. The maximum absolute atomic E-state index is 12.3. The van der Waals surface area contributed by atoms with Crippen LogP contribution >= 0.6 is 0 Å². The molecule has 3 rings (SSSR count). The van der Waals surface area contributed by atoms with E-state index in [9.17, 15) is 9.59 Å². The fourth-order valence-corrected chi connectivity index (χ4v) is 2.30. The number of fused-ring (bicyclic) bond motifs is 1. The van der Waals surface area contributed by atoms with Crippen LogP contribution in [-0.4, -0.2) is 28.4 Å². The number of esters is 1. The molecule has 0 fully saturated rings. The Balaban J connectivity index is 1.94. The Hall–Kier alpha value is -2.95. The third kappa shape index (κ3) is 2.61. The van der Waals surface area contributed by atoms with E-state index < -0.39 is 5.97 Å². The third-order valence-electron chi connectivity index (χ3n) is 3.45. The summed E-state index contributed by atoms with van der Waals surface area (Å²) in [5.41, 5.74) is 2.54. The molecule has 2 aromatic carbocycles. The van der Waals surface area contributed by atoms with Gasteiger partial charge in [0.15, 0.2) is 5.78 Å². The Bertz CT molecular complexity index is 837. The van der Waals surface area contributed by atoms with Gasteiger partial charge in [0.05, 0.1) is 36.6 Å². The van der Waals surface area contributed by atoms with Gasteiger partial charge in [0.1, 0.15) is 0 Å². The van der Waals surface area contributed by atoms with Gasteiger partial charge < -0.3 is 9.30 Å². The first-order valence-corrected chi connectivity index (χ1v) is 6.80. The van der Waals surface area contributed by atoms with Gasteiger partial charge in [-0.1, -0.05) is 30.3 Å². The van der Waals surface area contributed by atoms with Crippen LogP contribution in [0.1, 0.15) is 20.7 Å². The first-order chi connectivity index (χ1) is 10.7. The number of carbonyl (C=O) groups excluding carboxylic acids is 2. The molecular formula is C17H14N2O3. The van der Waals surface area contributed by atoms with E-state index >= 15 is 0 Å². The van der Waals surface area contributed by atoms with E-state index in [1.807, 2.05) is 18.2 Å². The van der Waals surface area contributed by atoms with Crippen molar-refractivity contribution in [2.45, 2.75) is 6.54 Å². The van der Waals surface area contributed by atoms with E-state index in [1.165, 1.54) is 7.11 Å². The molecule has 0 saturated carbocycles. The minimum absolute atomic E-state index is 0.0108. The molecule has 1 aromatic heterocycles. The van der Waals surface area contributed by atoms with Gasteiger partial charge in [-0.05, 0) is 18.2 Å². The molecule has 0 saturated heterocycles. The molecular weight excluding hydrogens is 280 g/mol. The molecule has 0 spiro atoms. The highest BCUT2D eigenvalue weighted by Crippen LogP contribution is 2.16. The molecule has 3 aromatic rings. The van der Waals surface area contributed by atoms with Gasteiger partial charge in [-0.25, -0.2) is 9.78 Å². The van der Waals surface area contributed by atoms with Crippen molar-refractivity contribution in [1.29, 1.82) is 0 Å². The number of carbonyl (C=O) groups is 2. The molecule has 0 aliphatic carbocycles. The molecule has 0 unspecified atom stereocenters. The summed E-state index contributed by atoms with van der Waals surface area (Å²) in [4.78, 5) is 28.2. The zero-order valence-electron chi connectivity index (χ0n) is 12.0. The Labute approximate surface area is 127 Å². The second-order valence-electron chi connectivity index (χ2n) is 4.86. The number of Topliss-reactive ketones (excluding diaryl/α,β-unsaturated/α-hetero) is 1. The SMILES string of the molecule is COC(=O)c1ccc2ncn(CC(=O)c3ccccc3)c2c1. The summed E-state index contributed by atoms with van der Waals surface area (Å²) in [6, 6.07) is 14.2. The predicted octanol–water partition coefficient (Wildman–Crippen LogP) is 2.71. The highest BCUT2D eigenvalue weighted by Gasteiger charge is 2.12. The molecule has 110 valence electrons. The monoisotopic (exact) mass is 294 g/mol. The number of nitrogens with zero attached hydrogens (tertiary/aromatic N) is 2. The Morgan fingerprint density at radius 1 is 1.09 bits per heavy atom. The summed E-state index contributed by atoms with van der Waals surface area (Å²) < 4.78 is 6.45. The van der Waals surface area contributed by atoms with Crippen molar-refractivity contribution in [3.8, 4) is 0 Å². The lowest BCUT2D eigenvalue weighted by Crippen LogP contribution is -2.09. The second kappa shape index (κ2) is 5.81. The summed E-state index contributed by atoms with van der Waals surface area (Å²) in [5, 5.41) is 0. The molecule has 5 nitrogen and oxygen atoms in total. The number of rotatable bonds is 4. The van der Waals surface area contributed by atoms with E-state index in [-0.39, 0.29) is 12.3 Å². The Kier molecular flexibility index (Phi) is 3.70.